The summed E-state index contributed by atoms with van der Waals surface area (Å²) < 4.78 is 1.88. The maximum atomic E-state index is 9.24. The zero-order chi connectivity index (χ0) is 11.6. The highest BCUT2D eigenvalue weighted by Crippen LogP contribution is 2.34. The first kappa shape index (κ1) is 11.4. The Hall–Kier alpha value is -1.05. The lowest BCUT2D eigenvalue weighted by molar-refractivity contribution is 0.230. The first-order valence-electron chi connectivity index (χ1n) is 5.49. The highest BCUT2D eigenvalue weighted by atomic mass is 35.5. The van der Waals surface area contributed by atoms with Crippen LogP contribution in [0.25, 0.3) is 0 Å². The van der Waals surface area contributed by atoms with Crippen LogP contribution in [-0.2, 0) is 0 Å². The lowest BCUT2D eigenvalue weighted by atomic mass is 9.80. The van der Waals surface area contributed by atoms with Gasteiger partial charge in [0, 0.05) is 12.6 Å². The molecule has 1 heterocycles. The van der Waals surface area contributed by atoms with Crippen molar-refractivity contribution in [3.05, 3.63) is 17.4 Å². The summed E-state index contributed by atoms with van der Waals surface area (Å²) in [7, 11) is 1.85. The van der Waals surface area contributed by atoms with Gasteiger partial charge in [-0.05, 0) is 26.3 Å². The molecule has 1 aliphatic rings. The largest absolute Gasteiger partial charge is 0.302 e. The summed E-state index contributed by atoms with van der Waals surface area (Å²) in [5.74, 6) is 0. The Morgan fingerprint density at radius 3 is 3.12 bits per heavy atom. The van der Waals surface area contributed by atoms with E-state index in [4.69, 9.17) is 11.6 Å². The number of hydrogen-bond donors (Lipinski definition) is 1. The Morgan fingerprint density at radius 1 is 1.75 bits per heavy atom. The first-order valence-corrected chi connectivity index (χ1v) is 5.87. The van der Waals surface area contributed by atoms with Crippen molar-refractivity contribution in [1.82, 2.24) is 15.1 Å². The van der Waals surface area contributed by atoms with Crippen LogP contribution in [0.15, 0.2) is 12.4 Å². The van der Waals surface area contributed by atoms with E-state index in [1.54, 1.807) is 6.20 Å². The van der Waals surface area contributed by atoms with Crippen LogP contribution in [0.2, 0.25) is 5.02 Å². The number of rotatable bonds is 2. The number of aromatic nitrogens is 2. The minimum Gasteiger partial charge on any atom is -0.302 e. The number of nitrogens with zero attached hydrogens (tertiary/aromatic N) is 3. The van der Waals surface area contributed by atoms with Crippen molar-refractivity contribution < 1.29 is 0 Å². The van der Waals surface area contributed by atoms with Gasteiger partial charge >= 0.3 is 0 Å². The van der Waals surface area contributed by atoms with Gasteiger partial charge in [0.15, 0.2) is 0 Å². The molecular weight excluding hydrogens is 224 g/mol. The third-order valence-electron chi connectivity index (χ3n) is 3.36. The molecule has 86 valence electrons. The second kappa shape index (κ2) is 4.44. The molecule has 0 spiro atoms. The average Bonchev–Trinajstić information content (AvgIpc) is 2.76. The summed E-state index contributed by atoms with van der Waals surface area (Å²) in [6, 6.07) is 2.66. The lowest BCUT2D eigenvalue weighted by Crippen LogP contribution is -2.46. The zero-order valence-corrected chi connectivity index (χ0v) is 10.0. The molecule has 4 nitrogen and oxygen atoms in total. The second-order valence-corrected chi connectivity index (χ2v) is 4.77. The summed E-state index contributed by atoms with van der Waals surface area (Å²) >= 11 is 5.85. The van der Waals surface area contributed by atoms with E-state index in [1.165, 1.54) is 0 Å². The molecule has 2 unspecified atom stereocenters. The normalized spacial score (nSPS) is 29.9. The second-order valence-electron chi connectivity index (χ2n) is 4.33. The number of hydrogen-bond acceptors (Lipinski definition) is 3. The fraction of sp³-hybridized carbons (Fsp3) is 0.636. The van der Waals surface area contributed by atoms with Gasteiger partial charge in [-0.15, -0.1) is 0 Å². The molecule has 0 aromatic carbocycles. The molecule has 1 saturated carbocycles. The van der Waals surface area contributed by atoms with E-state index in [0.29, 0.717) is 5.02 Å². The van der Waals surface area contributed by atoms with Crippen molar-refractivity contribution in [2.45, 2.75) is 37.3 Å². The molecule has 1 fully saturated rings. The van der Waals surface area contributed by atoms with Crippen LogP contribution in [0.1, 0.15) is 31.7 Å². The fourth-order valence-electron chi connectivity index (χ4n) is 2.37. The summed E-state index contributed by atoms with van der Waals surface area (Å²) in [4.78, 5) is 0. The van der Waals surface area contributed by atoms with Crippen molar-refractivity contribution in [3.8, 4) is 6.07 Å². The zero-order valence-electron chi connectivity index (χ0n) is 9.28. The predicted octanol–water partition coefficient (Wildman–Crippen LogP) is 2.13. The van der Waals surface area contributed by atoms with Gasteiger partial charge in [-0.25, -0.2) is 0 Å². The highest BCUT2D eigenvalue weighted by Gasteiger charge is 2.36. The van der Waals surface area contributed by atoms with Crippen LogP contribution in [0.5, 0.6) is 0 Å². The molecule has 2 rings (SSSR count). The van der Waals surface area contributed by atoms with Gasteiger partial charge in [-0.3, -0.25) is 4.68 Å². The SMILES string of the molecule is CNC1(C#N)CCCC(n2cc(Cl)cn2)C1. The number of halogens is 1. The van der Waals surface area contributed by atoms with E-state index in [-0.39, 0.29) is 6.04 Å². The van der Waals surface area contributed by atoms with Crippen LogP contribution in [0, 0.1) is 11.3 Å². The summed E-state index contributed by atoms with van der Waals surface area (Å²) in [5.41, 5.74) is -0.401. The molecule has 0 bridgehead atoms. The molecule has 2 atom stereocenters. The Balaban J connectivity index is 2.16. The minimum atomic E-state index is -0.401. The van der Waals surface area contributed by atoms with E-state index >= 15 is 0 Å². The van der Waals surface area contributed by atoms with Crippen molar-refractivity contribution >= 4 is 11.6 Å². The summed E-state index contributed by atoms with van der Waals surface area (Å²) in [6.07, 6.45) is 7.27. The predicted molar refractivity (Wildman–Crippen MR) is 62.1 cm³/mol. The number of nitriles is 1. The molecule has 1 aromatic heterocycles. The summed E-state index contributed by atoms with van der Waals surface area (Å²) in [5, 5.41) is 17.3. The van der Waals surface area contributed by atoms with Gasteiger partial charge in [0.1, 0.15) is 5.54 Å². The van der Waals surface area contributed by atoms with Crippen molar-refractivity contribution in [3.63, 3.8) is 0 Å². The molecule has 0 amide bonds. The highest BCUT2D eigenvalue weighted by molar-refractivity contribution is 6.30. The topological polar surface area (TPSA) is 53.6 Å². The summed E-state index contributed by atoms with van der Waals surface area (Å²) in [6.45, 7) is 0. The van der Waals surface area contributed by atoms with Crippen molar-refractivity contribution in [2.75, 3.05) is 7.05 Å². The maximum Gasteiger partial charge on any atom is 0.108 e. The molecule has 0 aliphatic heterocycles. The van der Waals surface area contributed by atoms with Gasteiger partial charge in [0.05, 0.1) is 23.3 Å². The molecule has 1 N–H and O–H groups in total. The van der Waals surface area contributed by atoms with Gasteiger partial charge in [0.25, 0.3) is 0 Å². The van der Waals surface area contributed by atoms with Gasteiger partial charge in [-0.1, -0.05) is 11.6 Å². The van der Waals surface area contributed by atoms with E-state index in [2.05, 4.69) is 16.5 Å². The monoisotopic (exact) mass is 238 g/mol. The third kappa shape index (κ3) is 2.06. The lowest BCUT2D eigenvalue weighted by Gasteiger charge is -2.35. The molecule has 0 radical (unpaired) electrons. The average molecular weight is 239 g/mol. The Kier molecular flexibility index (Phi) is 3.17. The third-order valence-corrected chi connectivity index (χ3v) is 3.56. The molecule has 5 heteroatoms. The van der Waals surface area contributed by atoms with Gasteiger partial charge in [0.2, 0.25) is 0 Å². The van der Waals surface area contributed by atoms with Crippen LogP contribution >= 0.6 is 11.6 Å². The molecule has 1 aromatic rings. The van der Waals surface area contributed by atoms with Gasteiger partial charge < -0.3 is 5.32 Å². The van der Waals surface area contributed by atoms with Gasteiger partial charge in [-0.2, -0.15) is 10.4 Å². The molecule has 16 heavy (non-hydrogen) atoms. The Morgan fingerprint density at radius 2 is 2.56 bits per heavy atom. The smallest absolute Gasteiger partial charge is 0.108 e. The molecule has 1 aliphatic carbocycles. The molecule has 0 saturated heterocycles. The molecular formula is C11H15ClN4. The van der Waals surface area contributed by atoms with Crippen LogP contribution < -0.4 is 5.32 Å². The van der Waals surface area contributed by atoms with E-state index in [9.17, 15) is 5.26 Å². The standard InChI is InChI=1S/C11H15ClN4/c1-14-11(8-13)4-2-3-10(5-11)16-7-9(12)6-15-16/h6-7,10,14H,2-5H2,1H3. The fourth-order valence-corrected chi connectivity index (χ4v) is 2.51. The maximum absolute atomic E-state index is 9.24. The van der Waals surface area contributed by atoms with E-state index < -0.39 is 5.54 Å². The van der Waals surface area contributed by atoms with E-state index in [1.807, 2.05) is 17.9 Å². The Labute approximate surface area is 100 Å². The number of nitrogens with one attached hydrogen (secondary N) is 1. The van der Waals surface area contributed by atoms with E-state index in [0.717, 1.165) is 25.7 Å². The Bertz CT molecular complexity index is 408. The quantitative estimate of drug-likeness (QED) is 0.859. The van der Waals surface area contributed by atoms with Crippen LogP contribution in [-0.4, -0.2) is 22.4 Å². The van der Waals surface area contributed by atoms with Crippen LogP contribution in [0.3, 0.4) is 0 Å². The van der Waals surface area contributed by atoms with Crippen molar-refractivity contribution in [1.29, 1.82) is 5.26 Å². The van der Waals surface area contributed by atoms with Crippen LogP contribution in [0.4, 0.5) is 0 Å². The first-order chi connectivity index (χ1) is 7.69. The minimum absolute atomic E-state index is 0.272. The van der Waals surface area contributed by atoms with Crippen molar-refractivity contribution in [2.24, 2.45) is 0 Å².